The van der Waals surface area contributed by atoms with Gasteiger partial charge in [-0.1, -0.05) is 12.8 Å². The highest BCUT2D eigenvalue weighted by Crippen LogP contribution is 2.27. The van der Waals surface area contributed by atoms with Gasteiger partial charge in [0.1, 0.15) is 5.82 Å². The molecule has 1 saturated carbocycles. The molecule has 1 fully saturated rings. The fraction of sp³-hybridized carbons (Fsp3) is 0.538. The van der Waals surface area contributed by atoms with Crippen LogP contribution in [0, 0.1) is 11.6 Å². The van der Waals surface area contributed by atoms with E-state index < -0.39 is 11.6 Å². The van der Waals surface area contributed by atoms with Crippen LogP contribution < -0.4 is 10.5 Å². The summed E-state index contributed by atoms with van der Waals surface area (Å²) in [6, 6.07) is 2.01. The average molecular weight is 241 g/mol. The van der Waals surface area contributed by atoms with E-state index >= 15 is 0 Å². The number of nitrogen functional groups attached to an aromatic ring is 1. The van der Waals surface area contributed by atoms with Gasteiger partial charge < -0.3 is 10.5 Å². The van der Waals surface area contributed by atoms with Crippen molar-refractivity contribution in [2.75, 3.05) is 5.73 Å². The van der Waals surface area contributed by atoms with E-state index in [0.29, 0.717) is 0 Å². The van der Waals surface area contributed by atoms with Gasteiger partial charge in [0, 0.05) is 12.1 Å². The van der Waals surface area contributed by atoms with Crippen LogP contribution in [0.2, 0.25) is 0 Å². The number of hydrogen-bond acceptors (Lipinski definition) is 2. The summed E-state index contributed by atoms with van der Waals surface area (Å²) in [4.78, 5) is 0. The van der Waals surface area contributed by atoms with Gasteiger partial charge in [0.05, 0.1) is 11.8 Å². The molecule has 1 aromatic carbocycles. The van der Waals surface area contributed by atoms with Crippen molar-refractivity contribution in [1.82, 2.24) is 0 Å². The fourth-order valence-electron chi connectivity index (χ4n) is 2.17. The van der Waals surface area contributed by atoms with E-state index in [4.69, 9.17) is 10.5 Å². The second-order valence-electron chi connectivity index (χ2n) is 4.54. The van der Waals surface area contributed by atoms with Crippen LogP contribution in [0.15, 0.2) is 12.1 Å². The highest BCUT2D eigenvalue weighted by Gasteiger charge is 2.17. The van der Waals surface area contributed by atoms with Crippen molar-refractivity contribution in [3.8, 4) is 5.75 Å². The Bertz CT molecular complexity index is 387. The summed E-state index contributed by atoms with van der Waals surface area (Å²) < 4.78 is 32.3. The quantitative estimate of drug-likeness (QED) is 0.633. The Balaban J connectivity index is 2.09. The molecule has 1 aliphatic carbocycles. The molecule has 2 nitrogen and oxygen atoms in total. The molecule has 17 heavy (non-hydrogen) atoms. The predicted molar refractivity (Wildman–Crippen MR) is 62.9 cm³/mol. The van der Waals surface area contributed by atoms with E-state index in [1.807, 2.05) is 0 Å². The lowest BCUT2D eigenvalue weighted by molar-refractivity contribution is 0.175. The third-order valence-electron chi connectivity index (χ3n) is 3.15. The number of hydrogen-bond donors (Lipinski definition) is 1. The van der Waals surface area contributed by atoms with E-state index in [9.17, 15) is 8.78 Å². The van der Waals surface area contributed by atoms with Gasteiger partial charge in [-0.25, -0.2) is 8.78 Å². The Morgan fingerprint density at radius 3 is 2.29 bits per heavy atom. The molecule has 2 N–H and O–H groups in total. The molecule has 94 valence electrons. The summed E-state index contributed by atoms with van der Waals surface area (Å²) >= 11 is 0. The lowest BCUT2D eigenvalue weighted by atomic mass is 10.1. The zero-order valence-electron chi connectivity index (χ0n) is 9.72. The Labute approximate surface area is 99.8 Å². The first-order chi connectivity index (χ1) is 8.16. The number of benzene rings is 1. The van der Waals surface area contributed by atoms with E-state index in [1.54, 1.807) is 0 Å². The second kappa shape index (κ2) is 5.34. The maximum Gasteiger partial charge on any atom is 0.167 e. The van der Waals surface area contributed by atoms with Crippen LogP contribution in [0.25, 0.3) is 0 Å². The van der Waals surface area contributed by atoms with E-state index in [0.717, 1.165) is 37.8 Å². The summed E-state index contributed by atoms with van der Waals surface area (Å²) in [5.41, 5.74) is 5.09. The maximum atomic E-state index is 13.5. The third kappa shape index (κ3) is 3.08. The minimum atomic E-state index is -0.630. The normalized spacial score (nSPS) is 17.8. The largest absolute Gasteiger partial charge is 0.487 e. The van der Waals surface area contributed by atoms with Crippen molar-refractivity contribution in [2.45, 2.75) is 44.6 Å². The summed E-state index contributed by atoms with van der Waals surface area (Å²) in [6.45, 7) is 0. The molecule has 0 aromatic heterocycles. The molecular weight excluding hydrogens is 224 g/mol. The van der Waals surface area contributed by atoms with Crippen LogP contribution in [-0.2, 0) is 0 Å². The standard InChI is InChI=1S/C13H17F2NO/c14-10-8-13(11(15)7-12(10)16)17-9-5-3-1-2-4-6-9/h7-9H,1-6,16H2. The van der Waals surface area contributed by atoms with Crippen molar-refractivity contribution in [2.24, 2.45) is 0 Å². The molecule has 0 bridgehead atoms. The first kappa shape index (κ1) is 12.1. The van der Waals surface area contributed by atoms with Crippen molar-refractivity contribution in [3.63, 3.8) is 0 Å². The summed E-state index contributed by atoms with van der Waals surface area (Å²) in [7, 11) is 0. The topological polar surface area (TPSA) is 35.2 Å². The Kier molecular flexibility index (Phi) is 3.82. The molecule has 1 aliphatic rings. The summed E-state index contributed by atoms with van der Waals surface area (Å²) in [6.07, 6.45) is 6.37. The SMILES string of the molecule is Nc1cc(F)c(OC2CCCCCC2)cc1F. The highest BCUT2D eigenvalue weighted by atomic mass is 19.1. The molecule has 0 saturated heterocycles. The van der Waals surface area contributed by atoms with Gasteiger partial charge in [0.25, 0.3) is 0 Å². The van der Waals surface area contributed by atoms with E-state index in [1.165, 1.54) is 12.8 Å². The van der Waals surface area contributed by atoms with Gasteiger partial charge in [0.2, 0.25) is 0 Å². The molecule has 0 aliphatic heterocycles. The summed E-state index contributed by atoms with van der Waals surface area (Å²) in [5.74, 6) is -1.24. The van der Waals surface area contributed by atoms with Gasteiger partial charge in [-0.2, -0.15) is 0 Å². The van der Waals surface area contributed by atoms with Crippen LogP contribution in [0.5, 0.6) is 5.75 Å². The van der Waals surface area contributed by atoms with Gasteiger partial charge in [-0.15, -0.1) is 0 Å². The number of ether oxygens (including phenoxy) is 1. The Morgan fingerprint density at radius 2 is 1.65 bits per heavy atom. The fourth-order valence-corrected chi connectivity index (χ4v) is 2.17. The predicted octanol–water partition coefficient (Wildman–Crippen LogP) is 3.65. The molecule has 0 atom stereocenters. The van der Waals surface area contributed by atoms with Crippen LogP contribution in [-0.4, -0.2) is 6.10 Å². The van der Waals surface area contributed by atoms with E-state index in [2.05, 4.69) is 0 Å². The number of rotatable bonds is 2. The van der Waals surface area contributed by atoms with Crippen LogP contribution in [0.3, 0.4) is 0 Å². The number of nitrogens with two attached hydrogens (primary N) is 1. The molecule has 4 heteroatoms. The lowest BCUT2D eigenvalue weighted by Gasteiger charge is -2.17. The van der Waals surface area contributed by atoms with Gasteiger partial charge in [-0.05, 0) is 25.7 Å². The lowest BCUT2D eigenvalue weighted by Crippen LogP contribution is -2.16. The number of anilines is 1. The van der Waals surface area contributed by atoms with Crippen molar-refractivity contribution >= 4 is 5.69 Å². The molecule has 2 rings (SSSR count). The zero-order chi connectivity index (χ0) is 12.3. The Morgan fingerprint density at radius 1 is 1.00 bits per heavy atom. The molecular formula is C13H17F2NO. The van der Waals surface area contributed by atoms with E-state index in [-0.39, 0.29) is 17.5 Å². The van der Waals surface area contributed by atoms with Gasteiger partial charge >= 0.3 is 0 Å². The number of halogens is 2. The van der Waals surface area contributed by atoms with Crippen LogP contribution >= 0.6 is 0 Å². The average Bonchev–Trinajstić information content (AvgIpc) is 2.54. The second-order valence-corrected chi connectivity index (χ2v) is 4.54. The minimum Gasteiger partial charge on any atom is -0.487 e. The van der Waals surface area contributed by atoms with Crippen molar-refractivity contribution < 1.29 is 13.5 Å². The minimum absolute atomic E-state index is 0.00461. The monoisotopic (exact) mass is 241 g/mol. The third-order valence-corrected chi connectivity index (χ3v) is 3.15. The maximum absolute atomic E-state index is 13.5. The van der Waals surface area contributed by atoms with Crippen LogP contribution in [0.4, 0.5) is 14.5 Å². The van der Waals surface area contributed by atoms with Crippen molar-refractivity contribution in [3.05, 3.63) is 23.8 Å². The summed E-state index contributed by atoms with van der Waals surface area (Å²) in [5, 5.41) is 0. The Hall–Kier alpha value is -1.32. The smallest absolute Gasteiger partial charge is 0.167 e. The zero-order valence-corrected chi connectivity index (χ0v) is 9.72. The molecule has 0 amide bonds. The first-order valence-corrected chi connectivity index (χ1v) is 6.08. The van der Waals surface area contributed by atoms with Gasteiger partial charge in [0.15, 0.2) is 11.6 Å². The first-order valence-electron chi connectivity index (χ1n) is 6.08. The van der Waals surface area contributed by atoms with Crippen LogP contribution in [0.1, 0.15) is 38.5 Å². The highest BCUT2D eigenvalue weighted by molar-refractivity contribution is 5.44. The molecule has 0 spiro atoms. The molecule has 0 unspecified atom stereocenters. The molecule has 1 aromatic rings. The molecule has 0 radical (unpaired) electrons. The van der Waals surface area contributed by atoms with Crippen molar-refractivity contribution in [1.29, 1.82) is 0 Å². The molecule has 0 heterocycles. The van der Waals surface area contributed by atoms with Gasteiger partial charge in [-0.3, -0.25) is 0 Å².